The van der Waals surface area contributed by atoms with Crippen LogP contribution in [-0.2, 0) is 23.2 Å². The highest BCUT2D eigenvalue weighted by Crippen LogP contribution is 2.25. The summed E-state index contributed by atoms with van der Waals surface area (Å²) in [5.41, 5.74) is 4.61. The van der Waals surface area contributed by atoms with Crippen molar-refractivity contribution >= 4 is 11.9 Å². The number of benzene rings is 1. The van der Waals surface area contributed by atoms with Crippen molar-refractivity contribution in [3.8, 4) is 0 Å². The Morgan fingerprint density at radius 3 is 2.28 bits per heavy atom. The molecule has 1 aromatic carbocycles. The van der Waals surface area contributed by atoms with Crippen molar-refractivity contribution in [1.82, 2.24) is 14.7 Å². The highest BCUT2D eigenvalue weighted by atomic mass is 16.4. The molecule has 0 radical (unpaired) electrons. The van der Waals surface area contributed by atoms with Crippen LogP contribution in [0.5, 0.6) is 0 Å². The first kappa shape index (κ1) is 18.7. The number of rotatable bonds is 6. The molecule has 2 rings (SSSR count). The van der Waals surface area contributed by atoms with Crippen molar-refractivity contribution in [2.75, 3.05) is 6.54 Å². The van der Waals surface area contributed by atoms with Crippen LogP contribution in [-0.4, -0.2) is 38.2 Å². The van der Waals surface area contributed by atoms with Crippen molar-refractivity contribution in [3.05, 3.63) is 52.3 Å². The van der Waals surface area contributed by atoms with Crippen LogP contribution < -0.4 is 0 Å². The number of aryl methyl sites for hydroxylation is 3. The fraction of sp³-hybridized carbons (Fsp3) is 0.421. The molecule has 25 heavy (non-hydrogen) atoms. The zero-order valence-corrected chi connectivity index (χ0v) is 15.4. The first-order valence-electron chi connectivity index (χ1n) is 8.27. The fourth-order valence-electron chi connectivity index (χ4n) is 3.10. The lowest BCUT2D eigenvalue weighted by atomic mass is 9.97. The lowest BCUT2D eigenvalue weighted by Gasteiger charge is -2.25. The lowest BCUT2D eigenvalue weighted by molar-refractivity contribution is -0.145. The minimum absolute atomic E-state index is 0.206. The van der Waals surface area contributed by atoms with Gasteiger partial charge < -0.3 is 10.0 Å². The first-order valence-corrected chi connectivity index (χ1v) is 8.27. The quantitative estimate of drug-likeness (QED) is 0.875. The Balaban J connectivity index is 2.28. The smallest absolute Gasteiger partial charge is 0.323 e. The van der Waals surface area contributed by atoms with Crippen LogP contribution >= 0.6 is 0 Å². The Hall–Kier alpha value is -2.63. The third-order valence-corrected chi connectivity index (χ3v) is 4.50. The molecule has 0 fully saturated rings. The summed E-state index contributed by atoms with van der Waals surface area (Å²) in [5.74, 6) is -1.67. The molecule has 0 saturated carbocycles. The van der Waals surface area contributed by atoms with E-state index in [9.17, 15) is 14.7 Å². The van der Waals surface area contributed by atoms with Crippen LogP contribution in [0, 0.1) is 20.8 Å². The second-order valence-electron chi connectivity index (χ2n) is 6.50. The third kappa shape index (κ3) is 4.26. The summed E-state index contributed by atoms with van der Waals surface area (Å²) in [4.78, 5) is 25.6. The van der Waals surface area contributed by atoms with Crippen LogP contribution in [0.4, 0.5) is 0 Å². The molecule has 6 heteroatoms. The maximum atomic E-state index is 13.0. The molecule has 1 aromatic heterocycles. The molecule has 1 atom stereocenters. The molecular weight excluding hydrogens is 318 g/mol. The van der Waals surface area contributed by atoms with Gasteiger partial charge in [-0.2, -0.15) is 5.10 Å². The van der Waals surface area contributed by atoms with E-state index in [1.165, 1.54) is 4.90 Å². The van der Waals surface area contributed by atoms with Crippen molar-refractivity contribution in [1.29, 1.82) is 0 Å². The Morgan fingerprint density at radius 1 is 1.20 bits per heavy atom. The Labute approximate surface area is 148 Å². The molecule has 0 aliphatic carbocycles. The van der Waals surface area contributed by atoms with Gasteiger partial charge in [-0.1, -0.05) is 29.8 Å². The molecule has 0 saturated heterocycles. The summed E-state index contributed by atoms with van der Waals surface area (Å²) in [5, 5.41) is 13.6. The van der Waals surface area contributed by atoms with Gasteiger partial charge in [0.25, 0.3) is 0 Å². The second kappa shape index (κ2) is 7.51. The van der Waals surface area contributed by atoms with E-state index in [1.54, 1.807) is 4.68 Å². The largest absolute Gasteiger partial charge is 0.480 e. The molecule has 1 unspecified atom stereocenters. The van der Waals surface area contributed by atoms with Gasteiger partial charge in [0.1, 0.15) is 6.54 Å². The molecule has 0 bridgehead atoms. The van der Waals surface area contributed by atoms with Crippen molar-refractivity contribution < 1.29 is 14.7 Å². The normalized spacial score (nSPS) is 12.0. The standard InChI is InChI=1S/C19H25N3O3/c1-12-6-8-16(9-7-12)10-22(11-17(23)24)19(25)13(2)18-14(3)20-21(5)15(18)4/h6-9,13H,10-11H2,1-5H3,(H,23,24). The van der Waals surface area contributed by atoms with Gasteiger partial charge in [-0.3, -0.25) is 14.3 Å². The van der Waals surface area contributed by atoms with E-state index in [0.29, 0.717) is 0 Å². The van der Waals surface area contributed by atoms with Crippen molar-refractivity contribution in [3.63, 3.8) is 0 Å². The van der Waals surface area contributed by atoms with Gasteiger partial charge in [-0.05, 0) is 33.3 Å². The Morgan fingerprint density at radius 2 is 1.80 bits per heavy atom. The number of aliphatic carboxylic acids is 1. The van der Waals surface area contributed by atoms with Gasteiger partial charge >= 0.3 is 5.97 Å². The van der Waals surface area contributed by atoms with E-state index in [4.69, 9.17) is 0 Å². The zero-order chi connectivity index (χ0) is 18.7. The average molecular weight is 343 g/mol. The van der Waals surface area contributed by atoms with Gasteiger partial charge in [0, 0.05) is 24.8 Å². The molecule has 1 N–H and O–H groups in total. The molecule has 0 aliphatic heterocycles. The minimum Gasteiger partial charge on any atom is -0.480 e. The second-order valence-corrected chi connectivity index (χ2v) is 6.50. The number of nitrogens with zero attached hydrogens (tertiary/aromatic N) is 3. The number of amides is 1. The van der Waals surface area contributed by atoms with Crippen LogP contribution in [0.1, 0.15) is 40.9 Å². The molecule has 1 heterocycles. The van der Waals surface area contributed by atoms with Crippen LogP contribution in [0.2, 0.25) is 0 Å². The number of aromatic nitrogens is 2. The van der Waals surface area contributed by atoms with Crippen LogP contribution in [0.15, 0.2) is 24.3 Å². The maximum Gasteiger partial charge on any atom is 0.323 e. The number of hydrogen-bond acceptors (Lipinski definition) is 3. The monoisotopic (exact) mass is 343 g/mol. The molecule has 6 nitrogen and oxygen atoms in total. The van der Waals surface area contributed by atoms with E-state index >= 15 is 0 Å². The number of carbonyl (C=O) groups is 2. The van der Waals surface area contributed by atoms with E-state index in [1.807, 2.05) is 59.0 Å². The topological polar surface area (TPSA) is 75.4 Å². The maximum absolute atomic E-state index is 13.0. The number of carboxylic acid groups (broad SMARTS) is 1. The lowest BCUT2D eigenvalue weighted by Crippen LogP contribution is -2.38. The number of carboxylic acids is 1. The summed E-state index contributed by atoms with van der Waals surface area (Å²) in [7, 11) is 1.84. The summed E-state index contributed by atoms with van der Waals surface area (Å²) in [6.07, 6.45) is 0. The van der Waals surface area contributed by atoms with E-state index in [-0.39, 0.29) is 19.0 Å². The van der Waals surface area contributed by atoms with Gasteiger partial charge in [0.2, 0.25) is 5.91 Å². The van der Waals surface area contributed by atoms with Crippen LogP contribution in [0.25, 0.3) is 0 Å². The fourth-order valence-corrected chi connectivity index (χ4v) is 3.10. The van der Waals surface area contributed by atoms with Gasteiger partial charge in [-0.25, -0.2) is 0 Å². The summed E-state index contributed by atoms with van der Waals surface area (Å²) in [6.45, 7) is 7.53. The van der Waals surface area contributed by atoms with Crippen LogP contribution in [0.3, 0.4) is 0 Å². The summed E-state index contributed by atoms with van der Waals surface area (Å²) >= 11 is 0. The third-order valence-electron chi connectivity index (χ3n) is 4.50. The van der Waals surface area contributed by atoms with Gasteiger partial charge in [0.05, 0.1) is 11.6 Å². The molecule has 2 aromatic rings. The van der Waals surface area contributed by atoms with Crippen molar-refractivity contribution in [2.45, 2.75) is 40.2 Å². The van der Waals surface area contributed by atoms with E-state index < -0.39 is 11.9 Å². The van der Waals surface area contributed by atoms with Gasteiger partial charge in [0.15, 0.2) is 0 Å². The van der Waals surface area contributed by atoms with Gasteiger partial charge in [-0.15, -0.1) is 0 Å². The molecular formula is C19H25N3O3. The molecule has 134 valence electrons. The zero-order valence-electron chi connectivity index (χ0n) is 15.4. The first-order chi connectivity index (χ1) is 11.7. The van der Waals surface area contributed by atoms with E-state index in [0.717, 1.165) is 28.1 Å². The predicted octanol–water partition coefficient (Wildman–Crippen LogP) is 2.56. The molecule has 0 spiro atoms. The SMILES string of the molecule is Cc1ccc(CN(CC(=O)O)C(=O)C(C)c2c(C)nn(C)c2C)cc1. The molecule has 1 amide bonds. The Kier molecular flexibility index (Phi) is 5.62. The average Bonchev–Trinajstić information content (AvgIpc) is 2.79. The van der Waals surface area contributed by atoms with Crippen molar-refractivity contribution in [2.24, 2.45) is 7.05 Å². The predicted molar refractivity (Wildman–Crippen MR) is 95.3 cm³/mol. The van der Waals surface area contributed by atoms with E-state index in [2.05, 4.69) is 5.10 Å². The number of carbonyl (C=O) groups excluding carboxylic acids is 1. The Bertz CT molecular complexity index is 778. The molecule has 0 aliphatic rings. The highest BCUT2D eigenvalue weighted by Gasteiger charge is 2.28. The summed E-state index contributed by atoms with van der Waals surface area (Å²) < 4.78 is 1.75. The highest BCUT2D eigenvalue weighted by molar-refractivity contribution is 5.86. The summed E-state index contributed by atoms with van der Waals surface area (Å²) in [6, 6.07) is 7.75. The number of hydrogen-bond donors (Lipinski definition) is 1. The minimum atomic E-state index is -1.02.